The highest BCUT2D eigenvalue weighted by atomic mass is 16.4. The molecule has 0 saturated carbocycles. The van der Waals surface area contributed by atoms with Crippen LogP contribution in [0.3, 0.4) is 0 Å². The van der Waals surface area contributed by atoms with Gasteiger partial charge in [0.05, 0.1) is 0 Å². The van der Waals surface area contributed by atoms with Crippen LogP contribution in [-0.2, 0) is 4.79 Å². The molecule has 17 heavy (non-hydrogen) atoms. The van der Waals surface area contributed by atoms with Gasteiger partial charge in [-0.2, -0.15) is 0 Å². The van der Waals surface area contributed by atoms with Gasteiger partial charge in [0.25, 0.3) is 0 Å². The third kappa shape index (κ3) is 14.9. The van der Waals surface area contributed by atoms with Crippen molar-refractivity contribution in [2.24, 2.45) is 0 Å². The zero-order valence-electron chi connectivity index (χ0n) is 11.0. The smallest absolute Gasteiger partial charge is 0.303 e. The van der Waals surface area contributed by atoms with E-state index in [-0.39, 0.29) is 6.42 Å². The molecule has 1 N–H and O–H groups in total. The summed E-state index contributed by atoms with van der Waals surface area (Å²) in [7, 11) is 0. The molecule has 0 atom stereocenters. The van der Waals surface area contributed by atoms with E-state index in [1.165, 1.54) is 25.7 Å². The summed E-state index contributed by atoms with van der Waals surface area (Å²) in [5, 5.41) is 8.44. The molecule has 0 fully saturated rings. The second-order valence-corrected chi connectivity index (χ2v) is 4.30. The third-order valence-corrected chi connectivity index (χ3v) is 2.56. The Bertz CT molecular complexity index is 229. The second-order valence-electron chi connectivity index (χ2n) is 4.30. The number of unbranched alkanes of at least 4 members (excludes halogenated alkanes) is 5. The van der Waals surface area contributed by atoms with Crippen LogP contribution in [-0.4, -0.2) is 11.1 Å². The maximum Gasteiger partial charge on any atom is 0.303 e. The zero-order chi connectivity index (χ0) is 12.8. The Morgan fingerprint density at radius 1 is 0.882 bits per heavy atom. The lowest BCUT2D eigenvalue weighted by molar-refractivity contribution is -0.137. The van der Waals surface area contributed by atoms with E-state index in [9.17, 15) is 4.79 Å². The predicted molar refractivity (Wildman–Crippen MR) is 73.1 cm³/mol. The molecule has 0 rings (SSSR count). The van der Waals surface area contributed by atoms with E-state index in [2.05, 4.69) is 31.2 Å². The van der Waals surface area contributed by atoms with Gasteiger partial charge in [0.2, 0.25) is 0 Å². The Hall–Kier alpha value is -1.05. The lowest BCUT2D eigenvalue weighted by Crippen LogP contribution is -1.92. The first-order valence-electron chi connectivity index (χ1n) is 6.79. The maximum atomic E-state index is 10.2. The van der Waals surface area contributed by atoms with Crippen molar-refractivity contribution in [3.63, 3.8) is 0 Å². The van der Waals surface area contributed by atoms with Crippen molar-refractivity contribution in [3.05, 3.63) is 24.3 Å². The molecule has 0 aliphatic rings. The summed E-state index contributed by atoms with van der Waals surface area (Å²) in [4.78, 5) is 10.2. The highest BCUT2D eigenvalue weighted by molar-refractivity contribution is 5.66. The Morgan fingerprint density at radius 2 is 1.35 bits per heavy atom. The summed E-state index contributed by atoms with van der Waals surface area (Å²) >= 11 is 0. The minimum Gasteiger partial charge on any atom is -0.481 e. The molecule has 0 aliphatic carbocycles. The summed E-state index contributed by atoms with van der Waals surface area (Å²) in [5.41, 5.74) is 0. The lowest BCUT2D eigenvalue weighted by atomic mass is 10.1. The fourth-order valence-electron chi connectivity index (χ4n) is 1.52. The van der Waals surface area contributed by atoms with Gasteiger partial charge in [0.1, 0.15) is 0 Å². The minimum absolute atomic E-state index is 0.282. The van der Waals surface area contributed by atoms with Crippen molar-refractivity contribution in [2.75, 3.05) is 0 Å². The summed E-state index contributed by atoms with van der Waals surface area (Å²) in [6.07, 6.45) is 18.0. The van der Waals surface area contributed by atoms with Crippen LogP contribution in [0.2, 0.25) is 0 Å². The molecule has 0 spiro atoms. The number of allylic oxidation sites excluding steroid dienone is 4. The Labute approximate surface area is 105 Å². The summed E-state index contributed by atoms with van der Waals surface area (Å²) in [6, 6.07) is 0. The SMILES string of the molecule is CCCC/C=C/CCC/C=C/CCCC(=O)O. The molecular formula is C15H26O2. The van der Waals surface area contributed by atoms with Crippen LogP contribution in [0.15, 0.2) is 24.3 Å². The maximum absolute atomic E-state index is 10.2. The van der Waals surface area contributed by atoms with Crippen molar-refractivity contribution in [1.82, 2.24) is 0 Å². The number of rotatable bonds is 11. The molecule has 0 amide bonds. The van der Waals surface area contributed by atoms with Crippen LogP contribution in [0.5, 0.6) is 0 Å². The van der Waals surface area contributed by atoms with E-state index in [4.69, 9.17) is 5.11 Å². The Balaban J connectivity index is 3.19. The van der Waals surface area contributed by atoms with Gasteiger partial charge in [0, 0.05) is 6.42 Å². The van der Waals surface area contributed by atoms with Crippen molar-refractivity contribution < 1.29 is 9.90 Å². The zero-order valence-corrected chi connectivity index (χ0v) is 11.0. The molecule has 0 aromatic carbocycles. The molecule has 0 aromatic heterocycles. The number of carboxylic acid groups (broad SMARTS) is 1. The van der Waals surface area contributed by atoms with Crippen LogP contribution in [0.1, 0.15) is 64.7 Å². The predicted octanol–water partition coefficient (Wildman–Crippen LogP) is 4.71. The number of aliphatic carboxylic acids is 1. The van der Waals surface area contributed by atoms with Crippen LogP contribution in [0, 0.1) is 0 Å². The van der Waals surface area contributed by atoms with E-state index in [1.807, 2.05) is 0 Å². The number of carbonyl (C=O) groups is 1. The Kier molecular flexibility index (Phi) is 12.2. The van der Waals surface area contributed by atoms with Crippen molar-refractivity contribution in [3.8, 4) is 0 Å². The van der Waals surface area contributed by atoms with Gasteiger partial charge in [0.15, 0.2) is 0 Å². The van der Waals surface area contributed by atoms with E-state index < -0.39 is 5.97 Å². The highest BCUT2D eigenvalue weighted by Crippen LogP contribution is 2.03. The summed E-state index contributed by atoms with van der Waals surface area (Å²) in [6.45, 7) is 2.21. The molecule has 0 radical (unpaired) electrons. The molecule has 0 unspecified atom stereocenters. The fraction of sp³-hybridized carbons (Fsp3) is 0.667. The average Bonchev–Trinajstić information content (AvgIpc) is 2.30. The van der Waals surface area contributed by atoms with E-state index in [0.717, 1.165) is 25.7 Å². The normalized spacial score (nSPS) is 11.6. The number of carboxylic acids is 1. The van der Waals surface area contributed by atoms with Gasteiger partial charge in [-0.15, -0.1) is 0 Å². The average molecular weight is 238 g/mol. The highest BCUT2D eigenvalue weighted by Gasteiger charge is 1.92. The second kappa shape index (κ2) is 13.0. The quantitative estimate of drug-likeness (QED) is 0.418. The minimum atomic E-state index is -0.699. The lowest BCUT2D eigenvalue weighted by Gasteiger charge is -1.93. The first kappa shape index (κ1) is 16.0. The van der Waals surface area contributed by atoms with Crippen LogP contribution in [0.4, 0.5) is 0 Å². The largest absolute Gasteiger partial charge is 0.481 e. The first-order valence-corrected chi connectivity index (χ1v) is 6.79. The molecule has 0 bridgehead atoms. The summed E-state index contributed by atoms with van der Waals surface area (Å²) in [5.74, 6) is -0.699. The third-order valence-electron chi connectivity index (χ3n) is 2.56. The standard InChI is InChI=1S/C15H26O2/c1-2-3-4-5-6-7-8-9-10-11-12-13-14-15(16)17/h5-6,10-11H,2-4,7-9,12-14H2,1H3,(H,16,17)/b6-5+,11-10+. The van der Waals surface area contributed by atoms with Gasteiger partial charge >= 0.3 is 5.97 Å². The molecule has 0 aromatic rings. The van der Waals surface area contributed by atoms with Gasteiger partial charge < -0.3 is 5.11 Å². The van der Waals surface area contributed by atoms with Gasteiger partial charge in [-0.3, -0.25) is 4.79 Å². The number of hydrogen-bond acceptors (Lipinski definition) is 1. The molecule has 0 aliphatic heterocycles. The van der Waals surface area contributed by atoms with Gasteiger partial charge in [-0.25, -0.2) is 0 Å². The van der Waals surface area contributed by atoms with Crippen LogP contribution >= 0.6 is 0 Å². The van der Waals surface area contributed by atoms with Crippen molar-refractivity contribution >= 4 is 5.97 Å². The topological polar surface area (TPSA) is 37.3 Å². The van der Waals surface area contributed by atoms with E-state index in [0.29, 0.717) is 0 Å². The first-order chi connectivity index (χ1) is 8.27. The van der Waals surface area contributed by atoms with E-state index >= 15 is 0 Å². The van der Waals surface area contributed by atoms with Crippen molar-refractivity contribution in [1.29, 1.82) is 0 Å². The van der Waals surface area contributed by atoms with Gasteiger partial charge in [-0.1, -0.05) is 44.1 Å². The van der Waals surface area contributed by atoms with Crippen LogP contribution in [0.25, 0.3) is 0 Å². The monoisotopic (exact) mass is 238 g/mol. The fourth-order valence-corrected chi connectivity index (χ4v) is 1.52. The molecular weight excluding hydrogens is 212 g/mol. The van der Waals surface area contributed by atoms with Gasteiger partial charge in [-0.05, 0) is 38.5 Å². The molecule has 98 valence electrons. The number of hydrogen-bond donors (Lipinski definition) is 1. The molecule has 2 heteroatoms. The Morgan fingerprint density at radius 3 is 1.82 bits per heavy atom. The summed E-state index contributed by atoms with van der Waals surface area (Å²) < 4.78 is 0. The van der Waals surface area contributed by atoms with Crippen molar-refractivity contribution in [2.45, 2.75) is 64.7 Å². The molecule has 0 saturated heterocycles. The molecule has 0 heterocycles. The molecule has 2 nitrogen and oxygen atoms in total. The van der Waals surface area contributed by atoms with E-state index in [1.54, 1.807) is 0 Å². The van der Waals surface area contributed by atoms with Crippen LogP contribution < -0.4 is 0 Å².